The van der Waals surface area contributed by atoms with E-state index in [1.54, 1.807) is 12.1 Å². The molecule has 30 heavy (non-hydrogen) atoms. The van der Waals surface area contributed by atoms with Crippen LogP contribution in [-0.2, 0) is 19.6 Å². The van der Waals surface area contributed by atoms with Crippen LogP contribution in [0.5, 0.6) is 5.75 Å². The van der Waals surface area contributed by atoms with Crippen molar-refractivity contribution in [2.24, 2.45) is 0 Å². The Hall–Kier alpha value is -2.91. The molecular formula is C21H26N2O6S. The largest absolute Gasteiger partial charge is 0.497 e. The summed E-state index contributed by atoms with van der Waals surface area (Å²) >= 11 is 0. The Morgan fingerprint density at radius 2 is 1.67 bits per heavy atom. The second kappa shape index (κ2) is 10.7. The van der Waals surface area contributed by atoms with Crippen LogP contribution in [0.25, 0.3) is 0 Å². The van der Waals surface area contributed by atoms with Crippen LogP contribution in [0.1, 0.15) is 37.0 Å². The first-order valence-corrected chi connectivity index (χ1v) is 11.0. The van der Waals surface area contributed by atoms with Crippen LogP contribution in [-0.4, -0.2) is 40.1 Å². The minimum Gasteiger partial charge on any atom is -0.497 e. The molecule has 162 valence electrons. The zero-order valence-electron chi connectivity index (χ0n) is 17.2. The van der Waals surface area contributed by atoms with Gasteiger partial charge in [0.05, 0.1) is 30.2 Å². The molecule has 0 unspecified atom stereocenters. The molecule has 0 aliphatic rings. The topological polar surface area (TPSA) is 111 Å². The molecule has 0 saturated heterocycles. The van der Waals surface area contributed by atoms with E-state index in [-0.39, 0.29) is 4.90 Å². The molecule has 2 rings (SSSR count). The van der Waals surface area contributed by atoms with Crippen molar-refractivity contribution >= 4 is 27.6 Å². The molecular weight excluding hydrogens is 408 g/mol. The first-order chi connectivity index (χ1) is 14.3. The molecule has 2 aromatic rings. The quantitative estimate of drug-likeness (QED) is 0.439. The number of ether oxygens (including phenoxy) is 2. The average Bonchev–Trinajstić information content (AvgIpc) is 2.74. The van der Waals surface area contributed by atoms with Gasteiger partial charge < -0.3 is 14.8 Å². The van der Waals surface area contributed by atoms with Gasteiger partial charge in [0.2, 0.25) is 15.9 Å². The molecule has 0 saturated carbocycles. The number of unbranched alkanes of at least 4 members (excludes halogenated alkanes) is 1. The predicted molar refractivity (Wildman–Crippen MR) is 113 cm³/mol. The number of benzene rings is 2. The van der Waals surface area contributed by atoms with Gasteiger partial charge in [-0.25, -0.2) is 13.2 Å². The second-order valence-corrected chi connectivity index (χ2v) is 8.29. The molecule has 0 aromatic heterocycles. The van der Waals surface area contributed by atoms with Gasteiger partial charge in [-0.15, -0.1) is 0 Å². The maximum atomic E-state index is 12.4. The summed E-state index contributed by atoms with van der Waals surface area (Å²) in [5, 5.41) is 2.61. The Morgan fingerprint density at radius 3 is 2.23 bits per heavy atom. The molecule has 0 heterocycles. The lowest BCUT2D eigenvalue weighted by molar-refractivity contribution is -0.117. The van der Waals surface area contributed by atoms with E-state index in [4.69, 9.17) is 9.47 Å². The number of carbonyl (C=O) groups is 2. The lowest BCUT2D eigenvalue weighted by atomic mass is 10.2. The fourth-order valence-electron chi connectivity index (χ4n) is 2.44. The SMILES string of the molecule is CCCCOC(=O)c1ccc(NC(=O)[C@@H](C)NS(=O)(=O)c2ccc(OC)cc2)cc1. The van der Waals surface area contributed by atoms with Gasteiger partial charge >= 0.3 is 5.97 Å². The van der Waals surface area contributed by atoms with Gasteiger partial charge in [-0.2, -0.15) is 4.72 Å². The number of rotatable bonds is 10. The predicted octanol–water partition coefficient (Wildman–Crippen LogP) is 2.96. The number of nitrogens with one attached hydrogen (secondary N) is 2. The van der Waals surface area contributed by atoms with E-state index >= 15 is 0 Å². The van der Waals surface area contributed by atoms with Crippen LogP contribution < -0.4 is 14.8 Å². The Labute approximate surface area is 176 Å². The Balaban J connectivity index is 1.95. The van der Waals surface area contributed by atoms with E-state index in [0.29, 0.717) is 23.6 Å². The van der Waals surface area contributed by atoms with Gasteiger partial charge in [-0.05, 0) is 61.9 Å². The second-order valence-electron chi connectivity index (χ2n) is 6.57. The van der Waals surface area contributed by atoms with Gasteiger partial charge in [0.25, 0.3) is 0 Å². The van der Waals surface area contributed by atoms with Crippen molar-refractivity contribution in [3.8, 4) is 5.75 Å². The van der Waals surface area contributed by atoms with E-state index in [0.717, 1.165) is 12.8 Å². The van der Waals surface area contributed by atoms with E-state index in [9.17, 15) is 18.0 Å². The fraction of sp³-hybridized carbons (Fsp3) is 0.333. The molecule has 8 nitrogen and oxygen atoms in total. The molecule has 9 heteroatoms. The highest BCUT2D eigenvalue weighted by Crippen LogP contribution is 2.16. The van der Waals surface area contributed by atoms with Crippen molar-refractivity contribution in [1.29, 1.82) is 0 Å². The van der Waals surface area contributed by atoms with Crippen molar-refractivity contribution in [3.05, 3.63) is 54.1 Å². The molecule has 1 amide bonds. The molecule has 0 radical (unpaired) electrons. The summed E-state index contributed by atoms with van der Waals surface area (Å²) in [4.78, 5) is 24.3. The standard InChI is InChI=1S/C21H26N2O6S/c1-4-5-14-29-21(25)16-6-8-17(9-7-16)22-20(24)15(2)23-30(26,27)19-12-10-18(28-3)11-13-19/h6-13,15,23H,4-5,14H2,1-3H3,(H,22,24)/t15-/m1/s1. The molecule has 0 bridgehead atoms. The van der Waals surface area contributed by atoms with Crippen molar-refractivity contribution in [2.45, 2.75) is 37.6 Å². The number of hydrogen-bond donors (Lipinski definition) is 2. The summed E-state index contributed by atoms with van der Waals surface area (Å²) < 4.78 is 37.4. The van der Waals surface area contributed by atoms with Gasteiger partial charge in [0.15, 0.2) is 0 Å². The first-order valence-electron chi connectivity index (χ1n) is 9.51. The summed E-state index contributed by atoms with van der Waals surface area (Å²) in [6, 6.07) is 11.0. The van der Waals surface area contributed by atoms with Gasteiger partial charge in [0.1, 0.15) is 5.75 Å². The smallest absolute Gasteiger partial charge is 0.338 e. The minimum absolute atomic E-state index is 0.0221. The maximum absolute atomic E-state index is 12.4. The van der Waals surface area contributed by atoms with Crippen molar-refractivity contribution in [1.82, 2.24) is 4.72 Å². The zero-order chi connectivity index (χ0) is 22.1. The van der Waals surface area contributed by atoms with Crippen molar-refractivity contribution in [2.75, 3.05) is 19.0 Å². The molecule has 0 fully saturated rings. The van der Waals surface area contributed by atoms with E-state index < -0.39 is 27.9 Å². The number of anilines is 1. The lowest BCUT2D eigenvalue weighted by Crippen LogP contribution is -2.41. The number of carbonyl (C=O) groups excluding carboxylic acids is 2. The van der Waals surface area contributed by atoms with Gasteiger partial charge in [-0.1, -0.05) is 13.3 Å². The number of esters is 1. The van der Waals surface area contributed by atoms with Crippen LogP contribution in [0.3, 0.4) is 0 Å². The van der Waals surface area contributed by atoms with Gasteiger partial charge in [-0.3, -0.25) is 4.79 Å². The van der Waals surface area contributed by atoms with E-state index in [2.05, 4.69) is 10.0 Å². The molecule has 2 N–H and O–H groups in total. The zero-order valence-corrected chi connectivity index (χ0v) is 18.0. The first kappa shape index (κ1) is 23.4. The van der Waals surface area contributed by atoms with Gasteiger partial charge in [0, 0.05) is 5.69 Å². The van der Waals surface area contributed by atoms with Crippen LogP contribution in [0, 0.1) is 0 Å². The van der Waals surface area contributed by atoms with Crippen LogP contribution in [0.2, 0.25) is 0 Å². The van der Waals surface area contributed by atoms with Crippen LogP contribution in [0.4, 0.5) is 5.69 Å². The third kappa shape index (κ3) is 6.57. The molecule has 0 spiro atoms. The van der Waals surface area contributed by atoms with E-state index in [1.165, 1.54) is 50.4 Å². The highest BCUT2D eigenvalue weighted by Gasteiger charge is 2.22. The summed E-state index contributed by atoms with van der Waals surface area (Å²) in [5.74, 6) is -0.440. The fourth-order valence-corrected chi connectivity index (χ4v) is 3.64. The summed E-state index contributed by atoms with van der Waals surface area (Å²) in [6.45, 7) is 3.80. The molecule has 0 aliphatic heterocycles. The lowest BCUT2D eigenvalue weighted by Gasteiger charge is -2.15. The highest BCUT2D eigenvalue weighted by molar-refractivity contribution is 7.89. The molecule has 2 aromatic carbocycles. The number of sulfonamides is 1. The number of hydrogen-bond acceptors (Lipinski definition) is 6. The van der Waals surface area contributed by atoms with Crippen LogP contribution >= 0.6 is 0 Å². The Bertz CT molecular complexity index is 956. The van der Waals surface area contributed by atoms with Crippen LogP contribution in [0.15, 0.2) is 53.4 Å². The number of amides is 1. The summed E-state index contributed by atoms with van der Waals surface area (Å²) in [6.07, 6.45) is 1.73. The Kier molecular flexibility index (Phi) is 8.37. The molecule has 1 atom stereocenters. The highest BCUT2D eigenvalue weighted by atomic mass is 32.2. The maximum Gasteiger partial charge on any atom is 0.338 e. The Morgan fingerprint density at radius 1 is 1.03 bits per heavy atom. The van der Waals surface area contributed by atoms with Crippen molar-refractivity contribution in [3.63, 3.8) is 0 Å². The average molecular weight is 435 g/mol. The van der Waals surface area contributed by atoms with Crippen molar-refractivity contribution < 1.29 is 27.5 Å². The molecule has 0 aliphatic carbocycles. The third-order valence-electron chi connectivity index (χ3n) is 4.21. The minimum atomic E-state index is -3.88. The monoisotopic (exact) mass is 434 g/mol. The normalized spacial score (nSPS) is 12.1. The summed E-state index contributed by atoms with van der Waals surface area (Å²) in [5.41, 5.74) is 0.804. The van der Waals surface area contributed by atoms with E-state index in [1.807, 2.05) is 6.92 Å². The third-order valence-corrected chi connectivity index (χ3v) is 5.77. The number of methoxy groups -OCH3 is 1. The summed E-state index contributed by atoms with van der Waals surface area (Å²) in [7, 11) is -2.40.